The Labute approximate surface area is 148 Å². The first-order valence-corrected chi connectivity index (χ1v) is 8.12. The maximum Gasteiger partial charge on any atom is 0.269 e. The van der Waals surface area contributed by atoms with Gasteiger partial charge in [0.2, 0.25) is 5.91 Å². The Balaban J connectivity index is 2.10. The minimum absolute atomic E-state index is 0.0191. The summed E-state index contributed by atoms with van der Waals surface area (Å²) in [5, 5.41) is 10.9. The molecule has 1 amide bonds. The standard InChI is InChI=1S/C18H17BrN2O3/c1-13(15-4-3-5-17(12-15)21(23)24)20(2)18(22)11-8-14-6-9-16(19)10-7-14/h3-13H,1-2H3/b11-8+/t13-/m1/s1. The van der Waals surface area contributed by atoms with Crippen LogP contribution >= 0.6 is 15.9 Å². The SMILES string of the molecule is C[C@H](c1cccc([N+](=O)[O-])c1)N(C)C(=O)/C=C/c1ccc(Br)cc1. The van der Waals surface area contributed by atoms with Gasteiger partial charge >= 0.3 is 0 Å². The smallest absolute Gasteiger partial charge is 0.269 e. The van der Waals surface area contributed by atoms with Gasteiger partial charge < -0.3 is 4.90 Å². The number of likely N-dealkylation sites (N-methyl/N-ethyl adjacent to an activating group) is 1. The summed E-state index contributed by atoms with van der Waals surface area (Å²) in [6.07, 6.45) is 3.24. The quantitative estimate of drug-likeness (QED) is 0.427. The average Bonchev–Trinajstić information content (AvgIpc) is 2.59. The van der Waals surface area contributed by atoms with Gasteiger partial charge in [0.25, 0.3) is 5.69 Å². The largest absolute Gasteiger partial charge is 0.335 e. The second kappa shape index (κ2) is 7.88. The molecule has 0 aromatic heterocycles. The zero-order valence-electron chi connectivity index (χ0n) is 13.3. The highest BCUT2D eigenvalue weighted by molar-refractivity contribution is 9.10. The van der Waals surface area contributed by atoms with Gasteiger partial charge in [0.1, 0.15) is 0 Å². The molecule has 2 aromatic rings. The monoisotopic (exact) mass is 388 g/mol. The molecular weight excluding hydrogens is 372 g/mol. The summed E-state index contributed by atoms with van der Waals surface area (Å²) in [6.45, 7) is 1.84. The number of amides is 1. The molecule has 0 heterocycles. The molecule has 24 heavy (non-hydrogen) atoms. The van der Waals surface area contributed by atoms with Crippen LogP contribution in [-0.4, -0.2) is 22.8 Å². The highest BCUT2D eigenvalue weighted by atomic mass is 79.9. The molecule has 0 aliphatic rings. The van der Waals surface area contributed by atoms with E-state index in [1.54, 1.807) is 30.2 Å². The molecular formula is C18H17BrN2O3. The molecule has 0 N–H and O–H groups in total. The number of nitro benzene ring substituents is 1. The van der Waals surface area contributed by atoms with Gasteiger partial charge in [0, 0.05) is 29.7 Å². The van der Waals surface area contributed by atoms with E-state index in [1.165, 1.54) is 18.2 Å². The highest BCUT2D eigenvalue weighted by Crippen LogP contribution is 2.23. The fraction of sp³-hybridized carbons (Fsp3) is 0.167. The van der Waals surface area contributed by atoms with Crippen molar-refractivity contribution >= 4 is 33.6 Å². The number of nitrogens with zero attached hydrogens (tertiary/aromatic N) is 2. The molecule has 1 atom stereocenters. The van der Waals surface area contributed by atoms with Gasteiger partial charge in [0.15, 0.2) is 0 Å². The van der Waals surface area contributed by atoms with Crippen molar-refractivity contribution in [3.63, 3.8) is 0 Å². The maximum atomic E-state index is 12.3. The lowest BCUT2D eigenvalue weighted by Crippen LogP contribution is -2.28. The molecule has 0 saturated heterocycles. The third-order valence-electron chi connectivity index (χ3n) is 3.78. The molecule has 0 bridgehead atoms. The fourth-order valence-corrected chi connectivity index (χ4v) is 2.44. The second-order valence-electron chi connectivity index (χ2n) is 5.36. The van der Waals surface area contributed by atoms with Crippen molar-refractivity contribution in [2.24, 2.45) is 0 Å². The van der Waals surface area contributed by atoms with Crippen molar-refractivity contribution in [1.82, 2.24) is 4.90 Å². The Morgan fingerprint density at radius 1 is 1.25 bits per heavy atom. The van der Waals surface area contributed by atoms with E-state index in [9.17, 15) is 14.9 Å². The Morgan fingerprint density at radius 3 is 2.54 bits per heavy atom. The van der Waals surface area contributed by atoms with Gasteiger partial charge in [-0.25, -0.2) is 0 Å². The van der Waals surface area contributed by atoms with Crippen molar-refractivity contribution in [2.75, 3.05) is 7.05 Å². The molecule has 0 spiro atoms. The summed E-state index contributed by atoms with van der Waals surface area (Å²) in [7, 11) is 1.68. The molecule has 124 valence electrons. The third-order valence-corrected chi connectivity index (χ3v) is 4.31. The predicted octanol–water partition coefficient (Wildman–Crippen LogP) is 4.59. The van der Waals surface area contributed by atoms with E-state index < -0.39 is 4.92 Å². The highest BCUT2D eigenvalue weighted by Gasteiger charge is 2.17. The lowest BCUT2D eigenvalue weighted by Gasteiger charge is -2.24. The zero-order chi connectivity index (χ0) is 17.7. The number of benzene rings is 2. The topological polar surface area (TPSA) is 63.5 Å². The van der Waals surface area contributed by atoms with Crippen molar-refractivity contribution in [3.05, 3.63) is 80.3 Å². The molecule has 0 saturated carbocycles. The minimum atomic E-state index is -0.439. The van der Waals surface area contributed by atoms with Gasteiger partial charge in [-0.3, -0.25) is 14.9 Å². The number of carbonyl (C=O) groups excluding carboxylic acids is 1. The van der Waals surface area contributed by atoms with Gasteiger partial charge in [-0.05, 0) is 36.3 Å². The molecule has 6 heteroatoms. The molecule has 2 aromatic carbocycles. The summed E-state index contributed by atoms with van der Waals surface area (Å²) in [6, 6.07) is 13.7. The predicted molar refractivity (Wildman–Crippen MR) is 97.5 cm³/mol. The first kappa shape index (κ1) is 17.9. The minimum Gasteiger partial charge on any atom is -0.335 e. The molecule has 0 aliphatic carbocycles. The Kier molecular flexibility index (Phi) is 5.87. The lowest BCUT2D eigenvalue weighted by atomic mass is 10.1. The third kappa shape index (κ3) is 4.52. The van der Waals surface area contributed by atoms with Crippen LogP contribution in [0.15, 0.2) is 59.1 Å². The summed E-state index contributed by atoms with van der Waals surface area (Å²) in [5.41, 5.74) is 1.66. The van der Waals surface area contributed by atoms with Crippen molar-refractivity contribution in [2.45, 2.75) is 13.0 Å². The summed E-state index contributed by atoms with van der Waals surface area (Å²) < 4.78 is 0.974. The molecule has 0 fully saturated rings. The van der Waals surface area contributed by atoms with E-state index in [1.807, 2.05) is 31.2 Å². The second-order valence-corrected chi connectivity index (χ2v) is 6.28. The Hall–Kier alpha value is -2.47. The van der Waals surface area contributed by atoms with Crippen LogP contribution in [0.5, 0.6) is 0 Å². The van der Waals surface area contributed by atoms with Crippen LogP contribution in [0.4, 0.5) is 5.69 Å². The zero-order valence-corrected chi connectivity index (χ0v) is 14.9. The van der Waals surface area contributed by atoms with E-state index >= 15 is 0 Å². The number of nitro groups is 1. The van der Waals surface area contributed by atoms with E-state index in [4.69, 9.17) is 0 Å². The van der Waals surface area contributed by atoms with Gasteiger partial charge in [-0.1, -0.05) is 40.2 Å². The number of halogens is 1. The van der Waals surface area contributed by atoms with Crippen molar-refractivity contribution in [3.8, 4) is 0 Å². The first-order valence-electron chi connectivity index (χ1n) is 7.33. The first-order chi connectivity index (χ1) is 11.4. The van der Waals surface area contributed by atoms with Crippen LogP contribution in [0.25, 0.3) is 6.08 Å². The number of rotatable bonds is 5. The van der Waals surface area contributed by atoms with Gasteiger partial charge in [-0.15, -0.1) is 0 Å². The van der Waals surface area contributed by atoms with E-state index in [2.05, 4.69) is 15.9 Å². The average molecular weight is 389 g/mol. The van der Waals surface area contributed by atoms with E-state index in [-0.39, 0.29) is 17.6 Å². The van der Waals surface area contributed by atoms with Crippen LogP contribution in [0.3, 0.4) is 0 Å². The number of non-ortho nitro benzene ring substituents is 1. The fourth-order valence-electron chi connectivity index (χ4n) is 2.17. The van der Waals surface area contributed by atoms with Gasteiger partial charge in [0.05, 0.1) is 11.0 Å². The van der Waals surface area contributed by atoms with Gasteiger partial charge in [-0.2, -0.15) is 0 Å². The van der Waals surface area contributed by atoms with Crippen molar-refractivity contribution < 1.29 is 9.72 Å². The molecule has 0 aliphatic heterocycles. The maximum absolute atomic E-state index is 12.3. The lowest BCUT2D eigenvalue weighted by molar-refractivity contribution is -0.384. The van der Waals surface area contributed by atoms with Crippen LogP contribution in [-0.2, 0) is 4.79 Å². The molecule has 5 nitrogen and oxygen atoms in total. The molecule has 0 radical (unpaired) electrons. The Morgan fingerprint density at radius 2 is 1.92 bits per heavy atom. The van der Waals surface area contributed by atoms with E-state index in [0.29, 0.717) is 0 Å². The molecule has 2 rings (SSSR count). The number of hydrogen-bond donors (Lipinski definition) is 0. The summed E-state index contributed by atoms with van der Waals surface area (Å²) in [4.78, 5) is 24.3. The van der Waals surface area contributed by atoms with Crippen LogP contribution in [0.1, 0.15) is 24.1 Å². The Bertz CT molecular complexity index is 772. The summed E-state index contributed by atoms with van der Waals surface area (Å²) in [5.74, 6) is -0.170. The number of hydrogen-bond acceptors (Lipinski definition) is 3. The normalized spacial score (nSPS) is 12.1. The van der Waals surface area contributed by atoms with E-state index in [0.717, 1.165) is 15.6 Å². The molecule has 0 unspecified atom stereocenters. The van der Waals surface area contributed by atoms with Crippen molar-refractivity contribution in [1.29, 1.82) is 0 Å². The van der Waals surface area contributed by atoms with Crippen LogP contribution < -0.4 is 0 Å². The van der Waals surface area contributed by atoms with Crippen LogP contribution in [0.2, 0.25) is 0 Å². The number of carbonyl (C=O) groups is 1. The summed E-state index contributed by atoms with van der Waals surface area (Å²) >= 11 is 3.36. The van der Waals surface area contributed by atoms with Crippen LogP contribution in [0, 0.1) is 10.1 Å².